The molecule has 1 unspecified atom stereocenters. The first-order valence-corrected chi connectivity index (χ1v) is 8.39. The van der Waals surface area contributed by atoms with Gasteiger partial charge in [0.2, 0.25) is 0 Å². The summed E-state index contributed by atoms with van der Waals surface area (Å²) in [5.74, 6) is -0.221. The van der Waals surface area contributed by atoms with Gasteiger partial charge in [-0.05, 0) is 72.1 Å². The predicted molar refractivity (Wildman–Crippen MR) is 88.0 cm³/mol. The Hall–Kier alpha value is -0.710. The Morgan fingerprint density at radius 3 is 2.60 bits per heavy atom. The maximum Gasteiger partial charge on any atom is 0.137 e. The standard InChI is InChI=1S/C16H19BrFNS/c1-4-7-19-16(13-8-10(2)20-11(13)3)12-5-6-15(18)14(17)9-12/h5-6,8-9,16,19H,4,7H2,1-3H3. The summed E-state index contributed by atoms with van der Waals surface area (Å²) in [6.07, 6.45) is 1.07. The lowest BCUT2D eigenvalue weighted by Gasteiger charge is -2.20. The first-order chi connectivity index (χ1) is 9.52. The zero-order valence-electron chi connectivity index (χ0n) is 12.0. The molecule has 1 N–H and O–H groups in total. The van der Waals surface area contributed by atoms with Crippen LogP contribution in [0.25, 0.3) is 0 Å². The lowest BCUT2D eigenvalue weighted by atomic mass is 9.99. The molecule has 1 nitrogen and oxygen atoms in total. The van der Waals surface area contributed by atoms with E-state index in [1.54, 1.807) is 0 Å². The topological polar surface area (TPSA) is 12.0 Å². The Bertz CT molecular complexity index is 594. The molecule has 20 heavy (non-hydrogen) atoms. The van der Waals surface area contributed by atoms with Crippen molar-refractivity contribution in [2.45, 2.75) is 33.2 Å². The summed E-state index contributed by atoms with van der Waals surface area (Å²) in [7, 11) is 0. The molecule has 0 bridgehead atoms. The first kappa shape index (κ1) is 15.7. The molecular formula is C16H19BrFNS. The van der Waals surface area contributed by atoms with Gasteiger partial charge >= 0.3 is 0 Å². The number of benzene rings is 1. The van der Waals surface area contributed by atoms with Crippen molar-refractivity contribution in [3.8, 4) is 0 Å². The first-order valence-electron chi connectivity index (χ1n) is 6.78. The highest BCUT2D eigenvalue weighted by Crippen LogP contribution is 2.32. The van der Waals surface area contributed by atoms with Gasteiger partial charge in [0.15, 0.2) is 0 Å². The Balaban J connectivity index is 2.41. The van der Waals surface area contributed by atoms with E-state index in [-0.39, 0.29) is 11.9 Å². The second-order valence-corrected chi connectivity index (χ2v) is 7.24. The van der Waals surface area contributed by atoms with E-state index < -0.39 is 0 Å². The molecule has 0 amide bonds. The average Bonchev–Trinajstić information content (AvgIpc) is 2.73. The third kappa shape index (κ3) is 3.48. The van der Waals surface area contributed by atoms with E-state index in [1.165, 1.54) is 21.4 Å². The van der Waals surface area contributed by atoms with Crippen LogP contribution in [0.3, 0.4) is 0 Å². The second-order valence-electron chi connectivity index (χ2n) is 4.93. The van der Waals surface area contributed by atoms with Crippen LogP contribution in [0, 0.1) is 19.7 Å². The fraction of sp³-hybridized carbons (Fsp3) is 0.375. The molecule has 0 saturated carbocycles. The van der Waals surface area contributed by atoms with Crippen LogP contribution in [0.1, 0.15) is 40.3 Å². The molecule has 0 fully saturated rings. The van der Waals surface area contributed by atoms with E-state index in [0.717, 1.165) is 18.5 Å². The molecule has 1 aromatic heterocycles. The number of hydrogen-bond acceptors (Lipinski definition) is 2. The highest BCUT2D eigenvalue weighted by Gasteiger charge is 2.18. The van der Waals surface area contributed by atoms with Crippen molar-refractivity contribution >= 4 is 27.3 Å². The third-order valence-electron chi connectivity index (χ3n) is 3.27. The van der Waals surface area contributed by atoms with E-state index >= 15 is 0 Å². The number of nitrogens with one attached hydrogen (secondary N) is 1. The minimum Gasteiger partial charge on any atom is -0.306 e. The van der Waals surface area contributed by atoms with Gasteiger partial charge in [-0.1, -0.05) is 13.0 Å². The van der Waals surface area contributed by atoms with Crippen molar-refractivity contribution in [3.05, 3.63) is 55.4 Å². The molecule has 0 aliphatic rings. The highest BCUT2D eigenvalue weighted by atomic mass is 79.9. The van der Waals surface area contributed by atoms with Crippen molar-refractivity contribution in [2.24, 2.45) is 0 Å². The molecule has 2 rings (SSSR count). The zero-order valence-corrected chi connectivity index (χ0v) is 14.4. The van der Waals surface area contributed by atoms with Crippen LogP contribution < -0.4 is 5.32 Å². The van der Waals surface area contributed by atoms with Crippen LogP contribution >= 0.6 is 27.3 Å². The van der Waals surface area contributed by atoms with Crippen LogP contribution in [0.5, 0.6) is 0 Å². The third-order valence-corrected chi connectivity index (χ3v) is 4.86. The Morgan fingerprint density at radius 2 is 2.05 bits per heavy atom. The smallest absolute Gasteiger partial charge is 0.137 e. The van der Waals surface area contributed by atoms with Crippen molar-refractivity contribution < 1.29 is 4.39 Å². The van der Waals surface area contributed by atoms with Gasteiger partial charge in [0.25, 0.3) is 0 Å². The van der Waals surface area contributed by atoms with Crippen LogP contribution in [-0.4, -0.2) is 6.54 Å². The van der Waals surface area contributed by atoms with E-state index in [1.807, 2.05) is 23.5 Å². The number of aryl methyl sites for hydroxylation is 2. The molecule has 108 valence electrons. The monoisotopic (exact) mass is 355 g/mol. The van der Waals surface area contributed by atoms with E-state index in [9.17, 15) is 4.39 Å². The molecule has 0 saturated heterocycles. The van der Waals surface area contributed by atoms with Crippen LogP contribution in [-0.2, 0) is 0 Å². The molecule has 1 aromatic carbocycles. The van der Waals surface area contributed by atoms with E-state index in [2.05, 4.69) is 48.1 Å². The molecular weight excluding hydrogens is 337 g/mol. The molecule has 0 radical (unpaired) electrons. The molecule has 0 aliphatic heterocycles. The lowest BCUT2D eigenvalue weighted by molar-refractivity contribution is 0.590. The van der Waals surface area contributed by atoms with Gasteiger partial charge in [0.1, 0.15) is 5.82 Å². The van der Waals surface area contributed by atoms with Gasteiger partial charge in [-0.25, -0.2) is 4.39 Å². The molecule has 1 heterocycles. The summed E-state index contributed by atoms with van der Waals surface area (Å²) < 4.78 is 14.0. The van der Waals surface area contributed by atoms with Gasteiger partial charge in [-0.15, -0.1) is 11.3 Å². The largest absolute Gasteiger partial charge is 0.306 e. The minimum absolute atomic E-state index is 0.122. The van der Waals surface area contributed by atoms with E-state index in [0.29, 0.717) is 4.47 Å². The maximum absolute atomic E-state index is 13.4. The van der Waals surface area contributed by atoms with Crippen LogP contribution in [0.2, 0.25) is 0 Å². The summed E-state index contributed by atoms with van der Waals surface area (Å²) in [4.78, 5) is 2.62. The molecule has 0 aliphatic carbocycles. The maximum atomic E-state index is 13.4. The number of halogens is 2. The fourth-order valence-electron chi connectivity index (χ4n) is 2.33. The Labute approximate surface area is 132 Å². The average molecular weight is 356 g/mol. The second kappa shape index (κ2) is 6.83. The fourth-order valence-corrected chi connectivity index (χ4v) is 3.69. The van der Waals surface area contributed by atoms with Crippen LogP contribution in [0.15, 0.2) is 28.7 Å². The quantitative estimate of drug-likeness (QED) is 0.761. The van der Waals surface area contributed by atoms with Crippen molar-refractivity contribution in [1.82, 2.24) is 5.32 Å². The molecule has 1 atom stereocenters. The molecule has 2 aromatic rings. The summed E-state index contributed by atoms with van der Waals surface area (Å²) >= 11 is 5.09. The summed E-state index contributed by atoms with van der Waals surface area (Å²) in [6, 6.07) is 7.60. The molecule has 0 spiro atoms. The number of hydrogen-bond donors (Lipinski definition) is 1. The van der Waals surface area contributed by atoms with Crippen molar-refractivity contribution in [1.29, 1.82) is 0 Å². The minimum atomic E-state index is -0.221. The van der Waals surface area contributed by atoms with Crippen LogP contribution in [0.4, 0.5) is 4.39 Å². The van der Waals surface area contributed by atoms with Gasteiger partial charge in [-0.3, -0.25) is 0 Å². The normalized spacial score (nSPS) is 12.7. The van der Waals surface area contributed by atoms with Gasteiger partial charge in [0.05, 0.1) is 10.5 Å². The Morgan fingerprint density at radius 1 is 1.30 bits per heavy atom. The lowest BCUT2D eigenvalue weighted by Crippen LogP contribution is -2.23. The number of thiophene rings is 1. The Kier molecular flexibility index (Phi) is 5.35. The van der Waals surface area contributed by atoms with Crippen molar-refractivity contribution in [3.63, 3.8) is 0 Å². The van der Waals surface area contributed by atoms with Crippen molar-refractivity contribution in [2.75, 3.05) is 6.54 Å². The predicted octanol–water partition coefficient (Wildman–Crippen LogP) is 5.36. The highest BCUT2D eigenvalue weighted by molar-refractivity contribution is 9.10. The van der Waals surface area contributed by atoms with E-state index in [4.69, 9.17) is 0 Å². The van der Waals surface area contributed by atoms with Gasteiger partial charge in [0, 0.05) is 9.75 Å². The summed E-state index contributed by atoms with van der Waals surface area (Å²) in [6.45, 7) is 7.36. The zero-order chi connectivity index (χ0) is 14.7. The molecule has 4 heteroatoms. The van der Waals surface area contributed by atoms with Gasteiger partial charge in [-0.2, -0.15) is 0 Å². The summed E-state index contributed by atoms with van der Waals surface area (Å²) in [5.41, 5.74) is 2.38. The number of rotatable bonds is 5. The SMILES string of the molecule is CCCNC(c1ccc(F)c(Br)c1)c1cc(C)sc1C. The summed E-state index contributed by atoms with van der Waals surface area (Å²) in [5, 5.41) is 3.57. The van der Waals surface area contributed by atoms with Gasteiger partial charge < -0.3 is 5.32 Å².